The SMILES string of the molecule is C=CCN(C(=O)O)c1cc(O[Si](C(C)C)(C(C)C)C(C)C)c(OC)cc1C(=O)N1C=C(C)CC1CO. The van der Waals surface area contributed by atoms with Crippen molar-refractivity contribution >= 4 is 26.0 Å². The largest absolute Gasteiger partial charge is 0.540 e. The van der Waals surface area contributed by atoms with E-state index in [0.717, 1.165) is 10.5 Å². The normalized spacial score (nSPS) is 15.9. The van der Waals surface area contributed by atoms with Crippen LogP contribution in [0.2, 0.25) is 16.6 Å². The Morgan fingerprint density at radius 3 is 2.19 bits per heavy atom. The Kier molecular flexibility index (Phi) is 9.79. The van der Waals surface area contributed by atoms with E-state index in [1.54, 1.807) is 18.3 Å². The minimum absolute atomic E-state index is 0.0131. The molecule has 1 heterocycles. The number of anilines is 1. The molecule has 2 N–H and O–H groups in total. The molecule has 0 radical (unpaired) electrons. The van der Waals surface area contributed by atoms with Gasteiger partial charge in [-0.2, -0.15) is 0 Å². The fraction of sp³-hybridized carbons (Fsp3) is 0.556. The highest BCUT2D eigenvalue weighted by Gasteiger charge is 2.47. The van der Waals surface area contributed by atoms with Crippen LogP contribution in [0.15, 0.2) is 36.6 Å². The van der Waals surface area contributed by atoms with Gasteiger partial charge in [0.25, 0.3) is 14.2 Å². The number of aliphatic hydroxyl groups is 1. The highest BCUT2D eigenvalue weighted by Crippen LogP contribution is 2.46. The van der Waals surface area contributed by atoms with Crippen molar-refractivity contribution in [3.05, 3.63) is 42.1 Å². The van der Waals surface area contributed by atoms with E-state index < -0.39 is 26.4 Å². The highest BCUT2D eigenvalue weighted by molar-refractivity contribution is 6.78. The van der Waals surface area contributed by atoms with E-state index in [9.17, 15) is 19.8 Å². The molecular formula is C27H42N2O6Si. The van der Waals surface area contributed by atoms with Crippen molar-refractivity contribution < 1.29 is 29.0 Å². The maximum atomic E-state index is 13.7. The van der Waals surface area contributed by atoms with Crippen LogP contribution in [0.1, 0.15) is 65.2 Å². The Bertz CT molecular complexity index is 982. The number of hydrogen-bond acceptors (Lipinski definition) is 5. The number of benzene rings is 1. The predicted octanol–water partition coefficient (Wildman–Crippen LogP) is 6.03. The van der Waals surface area contributed by atoms with Crippen LogP contribution in [-0.4, -0.2) is 61.7 Å². The number of amides is 2. The van der Waals surface area contributed by atoms with Gasteiger partial charge in [0, 0.05) is 18.8 Å². The summed E-state index contributed by atoms with van der Waals surface area (Å²) in [4.78, 5) is 28.6. The third-order valence-electron chi connectivity index (χ3n) is 7.10. The number of ether oxygens (including phenoxy) is 1. The van der Waals surface area contributed by atoms with Gasteiger partial charge in [-0.1, -0.05) is 53.2 Å². The first-order valence-electron chi connectivity index (χ1n) is 12.5. The van der Waals surface area contributed by atoms with Gasteiger partial charge >= 0.3 is 6.09 Å². The van der Waals surface area contributed by atoms with E-state index in [2.05, 4.69) is 48.1 Å². The molecule has 1 aliphatic rings. The second kappa shape index (κ2) is 12.0. The summed E-state index contributed by atoms with van der Waals surface area (Å²) in [6.07, 6.45) is 2.51. The first kappa shape index (κ1) is 29.4. The molecule has 0 spiro atoms. The number of hydrogen-bond donors (Lipinski definition) is 2. The first-order valence-corrected chi connectivity index (χ1v) is 14.6. The van der Waals surface area contributed by atoms with Crippen molar-refractivity contribution in [1.29, 1.82) is 0 Å². The van der Waals surface area contributed by atoms with Crippen molar-refractivity contribution in [2.24, 2.45) is 0 Å². The lowest BCUT2D eigenvalue weighted by molar-refractivity contribution is 0.0732. The van der Waals surface area contributed by atoms with Crippen molar-refractivity contribution in [2.45, 2.75) is 77.6 Å². The molecule has 9 heteroatoms. The monoisotopic (exact) mass is 518 g/mol. The van der Waals surface area contributed by atoms with E-state index >= 15 is 0 Å². The number of carboxylic acid groups (broad SMARTS) is 1. The zero-order valence-electron chi connectivity index (χ0n) is 22.9. The Balaban J connectivity index is 2.80. The van der Waals surface area contributed by atoms with Gasteiger partial charge in [-0.15, -0.1) is 6.58 Å². The molecule has 0 saturated carbocycles. The van der Waals surface area contributed by atoms with Gasteiger partial charge in [0.1, 0.15) is 5.75 Å². The molecule has 0 aliphatic carbocycles. The molecule has 0 fully saturated rings. The Morgan fingerprint density at radius 1 is 1.17 bits per heavy atom. The smallest absolute Gasteiger partial charge is 0.412 e. The van der Waals surface area contributed by atoms with Gasteiger partial charge in [-0.05, 0) is 36.0 Å². The van der Waals surface area contributed by atoms with Crippen molar-refractivity contribution in [3.8, 4) is 11.5 Å². The van der Waals surface area contributed by atoms with Crippen LogP contribution in [0.4, 0.5) is 10.5 Å². The molecule has 8 nitrogen and oxygen atoms in total. The fourth-order valence-corrected chi connectivity index (χ4v) is 10.8. The Labute approximate surface area is 216 Å². The van der Waals surface area contributed by atoms with E-state index in [1.807, 2.05) is 6.92 Å². The molecule has 0 saturated heterocycles. The van der Waals surface area contributed by atoms with Crippen molar-refractivity contribution in [3.63, 3.8) is 0 Å². The second-order valence-corrected chi connectivity index (χ2v) is 15.7. The van der Waals surface area contributed by atoms with E-state index in [4.69, 9.17) is 9.16 Å². The first-order chi connectivity index (χ1) is 16.8. The molecule has 1 unspecified atom stereocenters. The van der Waals surface area contributed by atoms with Gasteiger partial charge in [0.05, 0.1) is 31.0 Å². The second-order valence-electron chi connectivity index (χ2n) is 10.4. The van der Waals surface area contributed by atoms with Gasteiger partial charge in [0.2, 0.25) is 0 Å². The zero-order chi connectivity index (χ0) is 27.4. The molecule has 36 heavy (non-hydrogen) atoms. The summed E-state index contributed by atoms with van der Waals surface area (Å²) in [6.45, 7) is 18.3. The minimum Gasteiger partial charge on any atom is -0.540 e. The summed E-state index contributed by atoms with van der Waals surface area (Å²) in [6, 6.07) is 2.76. The molecular weight excluding hydrogens is 476 g/mol. The molecule has 0 aromatic heterocycles. The third kappa shape index (κ3) is 5.62. The molecule has 1 atom stereocenters. The molecule has 200 valence electrons. The maximum absolute atomic E-state index is 13.7. The average molecular weight is 519 g/mol. The molecule has 1 aromatic rings. The van der Waals surface area contributed by atoms with Gasteiger partial charge in [-0.25, -0.2) is 4.79 Å². The van der Waals surface area contributed by atoms with E-state index in [0.29, 0.717) is 17.9 Å². The Morgan fingerprint density at radius 2 is 1.75 bits per heavy atom. The number of nitrogens with zero attached hydrogens (tertiary/aromatic N) is 2. The number of rotatable bonds is 11. The third-order valence-corrected chi connectivity index (χ3v) is 13.1. The van der Waals surface area contributed by atoms with Crippen LogP contribution in [0.25, 0.3) is 0 Å². The maximum Gasteiger partial charge on any atom is 0.412 e. The fourth-order valence-electron chi connectivity index (χ4n) is 5.52. The minimum atomic E-state index is -2.42. The Hall–Kier alpha value is -2.78. The summed E-state index contributed by atoms with van der Waals surface area (Å²) in [5, 5.41) is 19.9. The molecule has 2 rings (SSSR count). The quantitative estimate of drug-likeness (QED) is 0.274. The van der Waals surface area contributed by atoms with E-state index in [-0.39, 0.29) is 41.0 Å². The molecule has 1 aromatic carbocycles. The summed E-state index contributed by atoms with van der Waals surface area (Å²) < 4.78 is 12.6. The summed E-state index contributed by atoms with van der Waals surface area (Å²) in [5.74, 6) is 0.375. The number of methoxy groups -OCH3 is 1. The van der Waals surface area contributed by atoms with Crippen LogP contribution in [0.3, 0.4) is 0 Å². The van der Waals surface area contributed by atoms with Crippen molar-refractivity contribution in [1.82, 2.24) is 4.90 Å². The van der Waals surface area contributed by atoms with Crippen LogP contribution in [0, 0.1) is 0 Å². The topological polar surface area (TPSA) is 99.5 Å². The van der Waals surface area contributed by atoms with Gasteiger partial charge in [0.15, 0.2) is 5.75 Å². The van der Waals surface area contributed by atoms with Crippen LogP contribution in [0.5, 0.6) is 11.5 Å². The molecule has 0 bridgehead atoms. The van der Waals surface area contributed by atoms with Crippen LogP contribution < -0.4 is 14.1 Å². The lowest BCUT2D eigenvalue weighted by Crippen LogP contribution is -2.50. The molecule has 1 aliphatic heterocycles. The zero-order valence-corrected chi connectivity index (χ0v) is 23.9. The predicted molar refractivity (Wildman–Crippen MR) is 146 cm³/mol. The number of aliphatic hydroxyl groups excluding tert-OH is 1. The summed E-state index contributed by atoms with van der Waals surface area (Å²) >= 11 is 0. The van der Waals surface area contributed by atoms with Crippen LogP contribution >= 0.6 is 0 Å². The van der Waals surface area contributed by atoms with Gasteiger partial charge < -0.3 is 24.3 Å². The van der Waals surface area contributed by atoms with Gasteiger partial charge in [-0.3, -0.25) is 9.69 Å². The van der Waals surface area contributed by atoms with Crippen LogP contribution in [-0.2, 0) is 0 Å². The summed E-state index contributed by atoms with van der Waals surface area (Å²) in [7, 11) is -0.911. The molecule has 2 amide bonds. The number of carbonyl (C=O) groups excluding carboxylic acids is 1. The number of carbonyl (C=O) groups is 2. The average Bonchev–Trinajstić information content (AvgIpc) is 3.19. The van der Waals surface area contributed by atoms with Crippen molar-refractivity contribution in [2.75, 3.05) is 25.2 Å². The standard InChI is InChI=1S/C27H42N2O6Si/c1-10-11-28(27(32)33)23-14-25(35-36(17(2)3,18(4)5)19(6)7)24(34-9)13-22(23)26(31)29-15-20(8)12-21(29)16-30/h10,13-15,17-19,21,30H,1,11-12,16H2,2-9H3,(H,32,33). The lowest BCUT2D eigenvalue weighted by atomic mass is 10.1. The highest BCUT2D eigenvalue weighted by atomic mass is 28.4. The lowest BCUT2D eigenvalue weighted by Gasteiger charge is -2.42. The van der Waals surface area contributed by atoms with E-state index in [1.165, 1.54) is 18.1 Å². The summed E-state index contributed by atoms with van der Waals surface area (Å²) in [5.41, 5.74) is 2.13.